The van der Waals surface area contributed by atoms with Gasteiger partial charge in [0.05, 0.1) is 5.52 Å². The van der Waals surface area contributed by atoms with Crippen LogP contribution in [-0.4, -0.2) is 16.1 Å². The summed E-state index contributed by atoms with van der Waals surface area (Å²) in [6.45, 7) is -0.294. The van der Waals surface area contributed by atoms with E-state index in [2.05, 4.69) is 15.5 Å². The normalized spacial score (nSPS) is 10.9. The molecule has 3 aromatic carbocycles. The van der Waals surface area contributed by atoms with Crippen LogP contribution in [0.2, 0.25) is 0 Å². The number of anilines is 1. The van der Waals surface area contributed by atoms with Gasteiger partial charge in [-0.05, 0) is 36.4 Å². The maximum absolute atomic E-state index is 13.8. The van der Waals surface area contributed by atoms with Crippen LogP contribution < -0.4 is 10.1 Å². The van der Waals surface area contributed by atoms with Crippen molar-refractivity contribution in [2.45, 2.75) is 6.61 Å². The molecule has 0 fully saturated rings. The van der Waals surface area contributed by atoms with E-state index in [0.717, 1.165) is 6.07 Å². The van der Waals surface area contributed by atoms with Crippen molar-refractivity contribution in [3.8, 4) is 5.75 Å². The third kappa shape index (κ3) is 3.91. The monoisotopic (exact) mass is 397 g/mol. The Morgan fingerprint density at radius 3 is 2.52 bits per heavy atom. The van der Waals surface area contributed by atoms with Crippen molar-refractivity contribution in [2.75, 3.05) is 5.32 Å². The van der Waals surface area contributed by atoms with Gasteiger partial charge in [-0.25, -0.2) is 13.2 Å². The molecule has 146 valence electrons. The highest BCUT2D eigenvalue weighted by molar-refractivity contribution is 6.07. The van der Waals surface area contributed by atoms with E-state index in [-0.39, 0.29) is 18.1 Å². The van der Waals surface area contributed by atoms with Gasteiger partial charge in [0.15, 0.2) is 17.5 Å². The lowest BCUT2D eigenvalue weighted by Gasteiger charge is -2.08. The number of nitrogens with zero attached hydrogens (tertiary/aromatic N) is 1. The number of aromatic amines is 1. The Balaban J connectivity index is 1.54. The van der Waals surface area contributed by atoms with Crippen molar-refractivity contribution in [1.82, 2.24) is 10.2 Å². The van der Waals surface area contributed by atoms with Crippen LogP contribution in [0, 0.1) is 17.5 Å². The quantitative estimate of drug-likeness (QED) is 0.475. The Hall–Kier alpha value is -3.81. The summed E-state index contributed by atoms with van der Waals surface area (Å²) in [5.74, 6) is -2.99. The van der Waals surface area contributed by atoms with Crippen molar-refractivity contribution in [3.05, 3.63) is 89.2 Å². The fourth-order valence-electron chi connectivity index (χ4n) is 2.78. The standard InChI is InChI=1S/C21H14F3N3O2/c22-16-10-18(24)17(23)8-13(16)11-29-14-6-7-19-15(9-14)20(27-26-19)25-21(28)12-4-2-1-3-5-12/h1-10H,11H2,(H2,25,26,27,28). The maximum Gasteiger partial charge on any atom is 0.256 e. The van der Waals surface area contributed by atoms with Crippen LogP contribution in [0.3, 0.4) is 0 Å². The van der Waals surface area contributed by atoms with E-state index in [4.69, 9.17) is 4.74 Å². The lowest BCUT2D eigenvalue weighted by molar-refractivity contribution is 0.102. The Morgan fingerprint density at radius 1 is 0.966 bits per heavy atom. The molecule has 2 N–H and O–H groups in total. The molecule has 4 rings (SSSR count). The van der Waals surface area contributed by atoms with E-state index < -0.39 is 17.5 Å². The van der Waals surface area contributed by atoms with E-state index in [1.54, 1.807) is 48.5 Å². The summed E-state index contributed by atoms with van der Waals surface area (Å²) in [5, 5.41) is 10.2. The summed E-state index contributed by atoms with van der Waals surface area (Å²) < 4.78 is 45.6. The smallest absolute Gasteiger partial charge is 0.256 e. The van der Waals surface area contributed by atoms with Gasteiger partial charge in [0.2, 0.25) is 0 Å². The third-order valence-corrected chi connectivity index (χ3v) is 4.29. The molecule has 5 nitrogen and oxygen atoms in total. The second kappa shape index (κ2) is 7.67. The van der Waals surface area contributed by atoms with E-state index in [1.807, 2.05) is 0 Å². The number of nitrogens with one attached hydrogen (secondary N) is 2. The highest BCUT2D eigenvalue weighted by atomic mass is 19.2. The first-order chi connectivity index (χ1) is 14.0. The van der Waals surface area contributed by atoms with Gasteiger partial charge in [-0.15, -0.1) is 0 Å². The first-order valence-corrected chi connectivity index (χ1v) is 8.62. The van der Waals surface area contributed by atoms with Crippen molar-refractivity contribution in [1.29, 1.82) is 0 Å². The molecule has 0 saturated carbocycles. The lowest BCUT2D eigenvalue weighted by atomic mass is 10.2. The SMILES string of the molecule is O=C(Nc1n[nH]c2ccc(OCc3cc(F)c(F)cc3F)cc12)c1ccccc1. The van der Waals surface area contributed by atoms with E-state index in [9.17, 15) is 18.0 Å². The number of aromatic nitrogens is 2. The summed E-state index contributed by atoms with van der Waals surface area (Å²) in [5.41, 5.74) is 1.01. The topological polar surface area (TPSA) is 67.0 Å². The number of H-pyrrole nitrogens is 1. The van der Waals surface area contributed by atoms with Crippen molar-refractivity contribution in [2.24, 2.45) is 0 Å². The molecule has 29 heavy (non-hydrogen) atoms. The van der Waals surface area contributed by atoms with Gasteiger partial charge in [0.25, 0.3) is 5.91 Å². The zero-order valence-electron chi connectivity index (χ0n) is 14.9. The number of ether oxygens (including phenoxy) is 1. The van der Waals surface area contributed by atoms with Crippen LogP contribution in [0.15, 0.2) is 60.7 Å². The van der Waals surface area contributed by atoms with Crippen LogP contribution in [0.4, 0.5) is 19.0 Å². The fraction of sp³-hybridized carbons (Fsp3) is 0.0476. The third-order valence-electron chi connectivity index (χ3n) is 4.29. The highest BCUT2D eigenvalue weighted by Crippen LogP contribution is 2.26. The Morgan fingerprint density at radius 2 is 1.72 bits per heavy atom. The molecule has 0 bridgehead atoms. The van der Waals surface area contributed by atoms with Gasteiger partial charge in [0, 0.05) is 22.6 Å². The van der Waals surface area contributed by atoms with Gasteiger partial charge >= 0.3 is 0 Å². The van der Waals surface area contributed by atoms with E-state index in [0.29, 0.717) is 34.1 Å². The molecule has 1 heterocycles. The molecule has 1 aromatic heterocycles. The van der Waals surface area contributed by atoms with Crippen LogP contribution in [0.25, 0.3) is 10.9 Å². The maximum atomic E-state index is 13.8. The van der Waals surface area contributed by atoms with Gasteiger partial charge in [-0.1, -0.05) is 18.2 Å². The molecule has 0 aliphatic rings. The minimum atomic E-state index is -1.26. The van der Waals surface area contributed by atoms with E-state index >= 15 is 0 Å². The molecule has 0 spiro atoms. The number of halogens is 3. The molecule has 0 saturated heterocycles. The number of amides is 1. The second-order valence-electron chi connectivity index (χ2n) is 6.25. The number of rotatable bonds is 5. The Labute approximate surface area is 163 Å². The van der Waals surface area contributed by atoms with Crippen molar-refractivity contribution >= 4 is 22.6 Å². The first-order valence-electron chi connectivity index (χ1n) is 8.62. The summed E-state index contributed by atoms with van der Waals surface area (Å²) >= 11 is 0. The summed E-state index contributed by atoms with van der Waals surface area (Å²) in [6.07, 6.45) is 0. The largest absolute Gasteiger partial charge is 0.489 e. The van der Waals surface area contributed by atoms with E-state index in [1.165, 1.54) is 0 Å². The second-order valence-corrected chi connectivity index (χ2v) is 6.25. The molecule has 4 aromatic rings. The molecule has 0 aliphatic heterocycles. The Kier molecular flexibility index (Phi) is 4.90. The number of carbonyl (C=O) groups excluding carboxylic acids is 1. The van der Waals surface area contributed by atoms with Crippen LogP contribution in [-0.2, 0) is 6.61 Å². The molecule has 0 atom stereocenters. The zero-order valence-corrected chi connectivity index (χ0v) is 14.9. The summed E-state index contributed by atoms with van der Waals surface area (Å²) in [4.78, 5) is 12.3. The minimum absolute atomic E-state index is 0.117. The number of fused-ring (bicyclic) bond motifs is 1. The molecular weight excluding hydrogens is 383 g/mol. The molecule has 8 heteroatoms. The molecule has 0 aliphatic carbocycles. The molecule has 0 radical (unpaired) electrons. The van der Waals surface area contributed by atoms with Crippen molar-refractivity contribution in [3.63, 3.8) is 0 Å². The highest BCUT2D eigenvalue weighted by Gasteiger charge is 2.13. The van der Waals surface area contributed by atoms with Crippen LogP contribution in [0.1, 0.15) is 15.9 Å². The van der Waals surface area contributed by atoms with Gasteiger partial charge in [-0.3, -0.25) is 9.89 Å². The molecule has 0 unspecified atom stereocenters. The lowest BCUT2D eigenvalue weighted by Crippen LogP contribution is -2.12. The van der Waals surface area contributed by atoms with Gasteiger partial charge in [0.1, 0.15) is 18.2 Å². The Bertz CT molecular complexity index is 1190. The van der Waals surface area contributed by atoms with Crippen LogP contribution >= 0.6 is 0 Å². The number of benzene rings is 3. The van der Waals surface area contributed by atoms with Crippen molar-refractivity contribution < 1.29 is 22.7 Å². The number of carbonyl (C=O) groups is 1. The predicted octanol–water partition coefficient (Wildman–Crippen LogP) is 4.81. The van der Waals surface area contributed by atoms with Gasteiger partial charge in [-0.2, -0.15) is 5.10 Å². The average Bonchev–Trinajstić information content (AvgIpc) is 3.12. The molecular formula is C21H14F3N3O2. The zero-order chi connectivity index (χ0) is 20.4. The average molecular weight is 397 g/mol. The summed E-state index contributed by atoms with van der Waals surface area (Å²) in [6, 6.07) is 14.8. The molecule has 1 amide bonds. The number of hydrogen-bond donors (Lipinski definition) is 2. The fourth-order valence-corrected chi connectivity index (χ4v) is 2.78. The minimum Gasteiger partial charge on any atom is -0.489 e. The van der Waals surface area contributed by atoms with Gasteiger partial charge < -0.3 is 10.1 Å². The first kappa shape index (κ1) is 18.5. The summed E-state index contributed by atoms with van der Waals surface area (Å²) in [7, 11) is 0. The predicted molar refractivity (Wildman–Crippen MR) is 101 cm³/mol. The number of hydrogen-bond acceptors (Lipinski definition) is 3. The van der Waals surface area contributed by atoms with Crippen LogP contribution in [0.5, 0.6) is 5.75 Å².